The first-order valence-electron chi connectivity index (χ1n) is 4.80. The molecule has 0 aromatic carbocycles. The van der Waals surface area contributed by atoms with Gasteiger partial charge in [0.1, 0.15) is 0 Å². The molecule has 16 heavy (non-hydrogen) atoms. The van der Waals surface area contributed by atoms with Gasteiger partial charge in [-0.05, 0) is 26.0 Å². The molecule has 0 saturated heterocycles. The highest BCUT2D eigenvalue weighted by molar-refractivity contribution is 8.93. The van der Waals surface area contributed by atoms with Crippen molar-refractivity contribution < 1.29 is 9.21 Å². The Morgan fingerprint density at radius 2 is 2.31 bits per heavy atom. The van der Waals surface area contributed by atoms with Crippen LogP contribution in [0.4, 0.5) is 0 Å². The number of carbonyl (C=O) groups excluding carboxylic acids is 1. The highest BCUT2D eigenvalue weighted by Crippen LogP contribution is 2.30. The van der Waals surface area contributed by atoms with Crippen LogP contribution in [0.2, 0.25) is 0 Å². The fourth-order valence-electron chi connectivity index (χ4n) is 1.45. The Labute approximate surface area is 110 Å². The summed E-state index contributed by atoms with van der Waals surface area (Å²) in [5.74, 6) is 1.34. The average molecular weight is 304 g/mol. The van der Waals surface area contributed by atoms with E-state index in [0.717, 1.165) is 5.88 Å². The fraction of sp³-hybridized carbons (Fsp3) is 0.364. The van der Waals surface area contributed by atoms with Gasteiger partial charge in [0.25, 0.3) is 0 Å². The van der Waals surface area contributed by atoms with Crippen molar-refractivity contribution in [1.82, 2.24) is 4.90 Å². The smallest absolute Gasteiger partial charge is 0.217 e. The van der Waals surface area contributed by atoms with E-state index < -0.39 is 0 Å². The number of hydrogen-bond acceptors (Lipinski definition) is 4. The van der Waals surface area contributed by atoms with Crippen molar-refractivity contribution in [3.8, 4) is 0 Å². The molecule has 1 aromatic heterocycles. The van der Waals surface area contributed by atoms with Crippen LogP contribution in [0.5, 0.6) is 0 Å². The first-order valence-corrected chi connectivity index (χ1v) is 5.79. The number of furan rings is 1. The molecule has 88 valence electrons. The molecule has 1 aliphatic rings. The minimum Gasteiger partial charge on any atom is -0.461 e. The molecule has 0 aliphatic carbocycles. The van der Waals surface area contributed by atoms with E-state index >= 15 is 0 Å². The Morgan fingerprint density at radius 1 is 1.56 bits per heavy atom. The SMILES string of the molecule is Br.CC1=C(C)N(CC(=O)c2ccco2)CS1. The minimum absolute atomic E-state index is 0. The Kier molecular flexibility index (Phi) is 4.68. The number of carbonyl (C=O) groups is 1. The Bertz CT molecular complexity index is 400. The lowest BCUT2D eigenvalue weighted by Gasteiger charge is -2.17. The van der Waals surface area contributed by atoms with Crippen molar-refractivity contribution in [1.29, 1.82) is 0 Å². The summed E-state index contributed by atoms with van der Waals surface area (Å²) in [6, 6.07) is 3.44. The Morgan fingerprint density at radius 3 is 2.81 bits per heavy atom. The second-order valence-electron chi connectivity index (χ2n) is 3.51. The van der Waals surface area contributed by atoms with Crippen LogP contribution in [-0.2, 0) is 0 Å². The van der Waals surface area contributed by atoms with Crippen molar-refractivity contribution in [3.05, 3.63) is 34.8 Å². The van der Waals surface area contributed by atoms with Gasteiger partial charge in [0.05, 0.1) is 18.7 Å². The van der Waals surface area contributed by atoms with Crippen LogP contribution < -0.4 is 0 Å². The van der Waals surface area contributed by atoms with Gasteiger partial charge in [0.2, 0.25) is 5.78 Å². The normalized spacial score (nSPS) is 15.2. The predicted octanol–water partition coefficient (Wildman–Crippen LogP) is 3.30. The minimum atomic E-state index is 0. The van der Waals surface area contributed by atoms with E-state index in [0.29, 0.717) is 12.3 Å². The highest BCUT2D eigenvalue weighted by Gasteiger charge is 2.20. The van der Waals surface area contributed by atoms with Crippen molar-refractivity contribution in [2.24, 2.45) is 0 Å². The van der Waals surface area contributed by atoms with Crippen LogP contribution in [0.3, 0.4) is 0 Å². The summed E-state index contributed by atoms with van der Waals surface area (Å²) in [6.07, 6.45) is 1.53. The lowest BCUT2D eigenvalue weighted by Crippen LogP contribution is -2.25. The van der Waals surface area contributed by atoms with Gasteiger partial charge in [-0.1, -0.05) is 0 Å². The first-order chi connectivity index (χ1) is 7.18. The Balaban J connectivity index is 0.00000128. The van der Waals surface area contributed by atoms with E-state index in [4.69, 9.17) is 4.42 Å². The molecule has 0 N–H and O–H groups in total. The molecule has 0 fully saturated rings. The molecular formula is C11H14BrNO2S. The number of Topliss-reactive ketones (excluding diaryl/α,β-unsaturated/α-hetero) is 1. The van der Waals surface area contributed by atoms with Gasteiger partial charge in [-0.25, -0.2) is 0 Å². The zero-order valence-electron chi connectivity index (χ0n) is 9.23. The van der Waals surface area contributed by atoms with Crippen LogP contribution >= 0.6 is 28.7 Å². The van der Waals surface area contributed by atoms with E-state index in [1.165, 1.54) is 16.9 Å². The molecule has 0 atom stereocenters. The van der Waals surface area contributed by atoms with E-state index in [2.05, 4.69) is 11.8 Å². The van der Waals surface area contributed by atoms with Crippen LogP contribution in [0.1, 0.15) is 24.4 Å². The number of hydrogen-bond donors (Lipinski definition) is 0. The number of thioether (sulfide) groups is 1. The zero-order chi connectivity index (χ0) is 10.8. The monoisotopic (exact) mass is 303 g/mol. The molecule has 2 rings (SSSR count). The van der Waals surface area contributed by atoms with E-state index in [1.54, 1.807) is 23.9 Å². The highest BCUT2D eigenvalue weighted by atomic mass is 79.9. The van der Waals surface area contributed by atoms with Crippen molar-refractivity contribution in [2.75, 3.05) is 12.4 Å². The van der Waals surface area contributed by atoms with Crippen molar-refractivity contribution >= 4 is 34.5 Å². The second-order valence-corrected chi connectivity index (χ2v) is 4.67. The van der Waals surface area contributed by atoms with Gasteiger partial charge >= 0.3 is 0 Å². The summed E-state index contributed by atoms with van der Waals surface area (Å²) in [4.78, 5) is 15.1. The third kappa shape index (κ3) is 2.71. The van der Waals surface area contributed by atoms with E-state index in [1.807, 2.05) is 6.92 Å². The quantitative estimate of drug-likeness (QED) is 0.802. The van der Waals surface area contributed by atoms with Gasteiger partial charge in [0.15, 0.2) is 5.76 Å². The number of rotatable bonds is 3. The summed E-state index contributed by atoms with van der Waals surface area (Å²) in [7, 11) is 0. The molecule has 2 heterocycles. The first kappa shape index (κ1) is 13.4. The third-order valence-electron chi connectivity index (χ3n) is 2.55. The molecule has 0 bridgehead atoms. The molecule has 3 nitrogen and oxygen atoms in total. The maximum Gasteiger partial charge on any atom is 0.217 e. The second kappa shape index (κ2) is 5.59. The number of nitrogens with zero attached hydrogens (tertiary/aromatic N) is 1. The van der Waals surface area contributed by atoms with Crippen LogP contribution in [0.15, 0.2) is 33.4 Å². The van der Waals surface area contributed by atoms with Gasteiger partial charge in [0, 0.05) is 10.6 Å². The maximum absolute atomic E-state index is 11.7. The predicted molar refractivity (Wildman–Crippen MR) is 70.9 cm³/mol. The summed E-state index contributed by atoms with van der Waals surface area (Å²) < 4.78 is 5.07. The van der Waals surface area contributed by atoms with Gasteiger partial charge in [-0.3, -0.25) is 4.79 Å². The molecular weight excluding hydrogens is 290 g/mol. The standard InChI is InChI=1S/C11H13NO2S.BrH/c1-8-9(2)15-7-12(8)6-10(13)11-4-3-5-14-11;/h3-5H,6-7H2,1-2H3;1H. The van der Waals surface area contributed by atoms with Gasteiger partial charge < -0.3 is 9.32 Å². The molecule has 0 amide bonds. The summed E-state index contributed by atoms with van der Waals surface area (Å²) in [6.45, 7) is 4.53. The van der Waals surface area contributed by atoms with Crippen LogP contribution in [0.25, 0.3) is 0 Å². The van der Waals surface area contributed by atoms with E-state index in [-0.39, 0.29) is 22.8 Å². The molecule has 0 spiro atoms. The number of allylic oxidation sites excluding steroid dienone is 2. The molecule has 0 saturated carbocycles. The fourth-order valence-corrected chi connectivity index (χ4v) is 2.42. The number of halogens is 1. The molecule has 1 aliphatic heterocycles. The molecule has 1 aromatic rings. The summed E-state index contributed by atoms with van der Waals surface area (Å²) in [5.41, 5.74) is 1.19. The lowest BCUT2D eigenvalue weighted by molar-refractivity contribution is 0.0931. The van der Waals surface area contributed by atoms with E-state index in [9.17, 15) is 4.79 Å². The van der Waals surface area contributed by atoms with Gasteiger partial charge in [-0.15, -0.1) is 28.7 Å². The zero-order valence-corrected chi connectivity index (χ0v) is 11.8. The van der Waals surface area contributed by atoms with Crippen molar-refractivity contribution in [3.63, 3.8) is 0 Å². The lowest BCUT2D eigenvalue weighted by atomic mass is 10.2. The van der Waals surface area contributed by atoms with Crippen LogP contribution in [-0.4, -0.2) is 23.1 Å². The third-order valence-corrected chi connectivity index (χ3v) is 3.72. The molecule has 0 unspecified atom stereocenters. The topological polar surface area (TPSA) is 33.5 Å². The van der Waals surface area contributed by atoms with Gasteiger partial charge in [-0.2, -0.15) is 0 Å². The average Bonchev–Trinajstić information content (AvgIpc) is 2.83. The maximum atomic E-state index is 11.7. The number of ketones is 1. The van der Waals surface area contributed by atoms with Crippen molar-refractivity contribution in [2.45, 2.75) is 13.8 Å². The summed E-state index contributed by atoms with van der Waals surface area (Å²) >= 11 is 1.78. The van der Waals surface area contributed by atoms with Crippen LogP contribution in [0, 0.1) is 0 Å². The molecule has 0 radical (unpaired) electrons. The molecule has 5 heteroatoms. The Hall–Kier alpha value is -0.680. The largest absolute Gasteiger partial charge is 0.461 e. The summed E-state index contributed by atoms with van der Waals surface area (Å²) in [5, 5.41) is 0.